The van der Waals surface area contributed by atoms with E-state index < -0.39 is 17.9 Å². The van der Waals surface area contributed by atoms with Gasteiger partial charge in [-0.05, 0) is 19.3 Å². The molecule has 3 atom stereocenters. The van der Waals surface area contributed by atoms with E-state index in [0.717, 1.165) is 19.3 Å². The summed E-state index contributed by atoms with van der Waals surface area (Å²) in [5.74, 6) is -1.69. The fraction of sp³-hybridized carbons (Fsp3) is 1.00. The van der Waals surface area contributed by atoms with Crippen LogP contribution >= 0.6 is 0 Å². The zero-order valence-corrected chi connectivity index (χ0v) is 12.7. The normalized spacial score (nSPS) is 35.9. The van der Waals surface area contributed by atoms with Crippen molar-refractivity contribution in [2.75, 3.05) is 26.4 Å². The quantitative estimate of drug-likeness (QED) is 0.867. The number of halogens is 3. The first kappa shape index (κ1) is 16.5. The number of hydrogen-bond acceptors (Lipinski definition) is 4. The summed E-state index contributed by atoms with van der Waals surface area (Å²) >= 11 is 0. The van der Waals surface area contributed by atoms with E-state index in [1.807, 2.05) is 0 Å². The van der Waals surface area contributed by atoms with Gasteiger partial charge in [-0.2, -0.15) is 13.2 Å². The Bertz CT molecular complexity index is 372. The molecule has 1 spiro atoms. The molecule has 3 fully saturated rings. The zero-order valence-electron chi connectivity index (χ0n) is 12.7. The van der Waals surface area contributed by atoms with Crippen molar-refractivity contribution in [1.29, 1.82) is 0 Å². The third-order valence-corrected chi connectivity index (χ3v) is 4.94. The predicted molar refractivity (Wildman–Crippen MR) is 73.4 cm³/mol. The third kappa shape index (κ3) is 3.93. The highest BCUT2D eigenvalue weighted by Gasteiger charge is 2.44. The van der Waals surface area contributed by atoms with E-state index in [-0.39, 0.29) is 25.0 Å². The zero-order chi connectivity index (χ0) is 15.6. The van der Waals surface area contributed by atoms with Crippen LogP contribution in [0.4, 0.5) is 13.2 Å². The molecule has 1 saturated carbocycles. The third-order valence-electron chi connectivity index (χ3n) is 4.94. The van der Waals surface area contributed by atoms with Crippen LogP contribution in [-0.4, -0.2) is 50.5 Å². The minimum Gasteiger partial charge on any atom is -0.381 e. The van der Waals surface area contributed by atoms with Gasteiger partial charge in [0, 0.05) is 25.4 Å². The Morgan fingerprint density at radius 3 is 2.64 bits per heavy atom. The summed E-state index contributed by atoms with van der Waals surface area (Å²) in [5.41, 5.74) is 0. The van der Waals surface area contributed by atoms with Gasteiger partial charge in [-0.25, -0.2) is 0 Å². The van der Waals surface area contributed by atoms with Crippen LogP contribution in [0.25, 0.3) is 0 Å². The fourth-order valence-corrected chi connectivity index (χ4v) is 3.63. The Kier molecular flexibility index (Phi) is 4.97. The lowest BCUT2D eigenvalue weighted by atomic mass is 9.85. The molecule has 7 heteroatoms. The first-order valence-corrected chi connectivity index (χ1v) is 8.16. The van der Waals surface area contributed by atoms with E-state index in [2.05, 4.69) is 5.32 Å². The lowest BCUT2D eigenvalue weighted by Gasteiger charge is -2.33. The van der Waals surface area contributed by atoms with Gasteiger partial charge in [0.1, 0.15) is 0 Å². The summed E-state index contributed by atoms with van der Waals surface area (Å²) in [5, 5.41) is 3.25. The summed E-state index contributed by atoms with van der Waals surface area (Å²) in [6.07, 6.45) is -0.829. The minimum atomic E-state index is -4.07. The van der Waals surface area contributed by atoms with Crippen LogP contribution in [0.3, 0.4) is 0 Å². The molecule has 2 aliphatic heterocycles. The number of nitrogens with one attached hydrogen (secondary N) is 1. The molecule has 22 heavy (non-hydrogen) atoms. The predicted octanol–water partition coefficient (Wildman–Crippen LogP) is 2.62. The number of rotatable bonds is 3. The van der Waals surface area contributed by atoms with Gasteiger partial charge in [-0.3, -0.25) is 0 Å². The number of hydrogen-bond donors (Lipinski definition) is 1. The Labute approximate surface area is 128 Å². The van der Waals surface area contributed by atoms with Crippen LogP contribution in [0.15, 0.2) is 0 Å². The Morgan fingerprint density at radius 1 is 1.14 bits per heavy atom. The molecule has 3 rings (SSSR count). The molecule has 0 unspecified atom stereocenters. The van der Waals surface area contributed by atoms with E-state index in [1.165, 1.54) is 0 Å². The summed E-state index contributed by atoms with van der Waals surface area (Å²) < 4.78 is 55.5. The molecule has 0 aromatic heterocycles. The highest BCUT2D eigenvalue weighted by molar-refractivity contribution is 4.85. The molecule has 1 aliphatic carbocycles. The van der Waals surface area contributed by atoms with E-state index >= 15 is 0 Å². The van der Waals surface area contributed by atoms with E-state index in [1.54, 1.807) is 0 Å². The SMILES string of the molecule is FC(F)(F)[C@@H]1CCC[C@H](NC[C@H]2COC3(CCOCC3)O2)C1. The molecule has 0 amide bonds. The second-order valence-electron chi connectivity index (χ2n) is 6.58. The van der Waals surface area contributed by atoms with Gasteiger partial charge < -0.3 is 19.5 Å². The monoisotopic (exact) mass is 323 g/mol. The first-order valence-electron chi connectivity index (χ1n) is 8.16. The number of ether oxygens (including phenoxy) is 3. The molecular formula is C15H24F3NO3. The molecule has 0 bridgehead atoms. The average Bonchev–Trinajstić information content (AvgIpc) is 2.88. The highest BCUT2D eigenvalue weighted by atomic mass is 19.4. The first-order chi connectivity index (χ1) is 10.5. The van der Waals surface area contributed by atoms with Crippen molar-refractivity contribution >= 4 is 0 Å². The fourth-order valence-electron chi connectivity index (χ4n) is 3.63. The molecule has 0 aromatic carbocycles. The molecule has 1 N–H and O–H groups in total. The lowest BCUT2D eigenvalue weighted by molar-refractivity contribution is -0.210. The Hall–Kier alpha value is -0.370. The molecular weight excluding hydrogens is 299 g/mol. The van der Waals surface area contributed by atoms with Gasteiger partial charge in [0.15, 0.2) is 5.79 Å². The molecule has 2 heterocycles. The summed E-state index contributed by atoms with van der Waals surface area (Å²) in [6.45, 7) is 2.33. The standard InChI is InChI=1S/C15H24F3NO3/c16-15(17,18)11-2-1-3-12(8-11)19-9-13-10-21-14(22-13)4-6-20-7-5-14/h11-13,19H,1-10H2/t11-,12+,13+/m1/s1. The van der Waals surface area contributed by atoms with E-state index in [9.17, 15) is 13.2 Å². The van der Waals surface area contributed by atoms with Crippen LogP contribution in [0.1, 0.15) is 38.5 Å². The van der Waals surface area contributed by atoms with Crippen LogP contribution < -0.4 is 5.32 Å². The summed E-state index contributed by atoms with van der Waals surface area (Å²) in [6, 6.07) is -0.0739. The van der Waals surface area contributed by atoms with Gasteiger partial charge in [0.2, 0.25) is 0 Å². The highest BCUT2D eigenvalue weighted by Crippen LogP contribution is 2.38. The van der Waals surface area contributed by atoms with E-state index in [4.69, 9.17) is 14.2 Å². The maximum Gasteiger partial charge on any atom is 0.391 e. The van der Waals surface area contributed by atoms with Crippen molar-refractivity contribution in [3.8, 4) is 0 Å². The largest absolute Gasteiger partial charge is 0.391 e. The molecule has 3 aliphatic rings. The van der Waals surface area contributed by atoms with Gasteiger partial charge in [0.05, 0.1) is 31.8 Å². The minimum absolute atomic E-state index is 0.0739. The van der Waals surface area contributed by atoms with Gasteiger partial charge in [0.25, 0.3) is 0 Å². The summed E-state index contributed by atoms with van der Waals surface area (Å²) in [7, 11) is 0. The van der Waals surface area contributed by atoms with Crippen LogP contribution in [0.2, 0.25) is 0 Å². The molecule has 128 valence electrons. The second-order valence-corrected chi connectivity index (χ2v) is 6.58. The van der Waals surface area contributed by atoms with Crippen molar-refractivity contribution in [3.63, 3.8) is 0 Å². The van der Waals surface area contributed by atoms with Crippen molar-refractivity contribution in [3.05, 3.63) is 0 Å². The maximum atomic E-state index is 12.8. The van der Waals surface area contributed by atoms with Crippen molar-refractivity contribution < 1.29 is 27.4 Å². The second kappa shape index (κ2) is 6.63. The average molecular weight is 323 g/mol. The molecule has 0 radical (unpaired) electrons. The van der Waals surface area contributed by atoms with Gasteiger partial charge >= 0.3 is 6.18 Å². The van der Waals surface area contributed by atoms with Crippen molar-refractivity contribution in [2.24, 2.45) is 5.92 Å². The summed E-state index contributed by atoms with van der Waals surface area (Å²) in [4.78, 5) is 0. The van der Waals surface area contributed by atoms with Crippen LogP contribution in [-0.2, 0) is 14.2 Å². The Balaban J connectivity index is 1.43. The van der Waals surface area contributed by atoms with Gasteiger partial charge in [-0.15, -0.1) is 0 Å². The lowest BCUT2D eigenvalue weighted by Crippen LogP contribution is -2.43. The van der Waals surface area contributed by atoms with Crippen molar-refractivity contribution in [1.82, 2.24) is 5.32 Å². The molecule has 0 aromatic rings. The Morgan fingerprint density at radius 2 is 1.91 bits per heavy atom. The molecule has 4 nitrogen and oxygen atoms in total. The van der Waals surface area contributed by atoms with Crippen LogP contribution in [0.5, 0.6) is 0 Å². The number of alkyl halides is 3. The maximum absolute atomic E-state index is 12.8. The van der Waals surface area contributed by atoms with Crippen molar-refractivity contribution in [2.45, 2.75) is 62.6 Å². The van der Waals surface area contributed by atoms with Gasteiger partial charge in [-0.1, -0.05) is 6.42 Å². The smallest absolute Gasteiger partial charge is 0.381 e. The van der Waals surface area contributed by atoms with E-state index in [0.29, 0.717) is 32.8 Å². The van der Waals surface area contributed by atoms with Crippen LogP contribution in [0, 0.1) is 5.92 Å². The molecule has 2 saturated heterocycles. The topological polar surface area (TPSA) is 39.7 Å².